The summed E-state index contributed by atoms with van der Waals surface area (Å²) in [5, 5.41) is 6.52. The minimum Gasteiger partial charge on any atom is -0.357 e. The second-order valence-corrected chi connectivity index (χ2v) is 7.68. The smallest absolute Gasteiger partial charge is 0.357 e. The first-order valence-electron chi connectivity index (χ1n) is 10.4. The molecule has 0 bridgehead atoms. The lowest BCUT2D eigenvalue weighted by Crippen LogP contribution is -2.49. The topological polar surface area (TPSA) is 39.7 Å². The van der Waals surface area contributed by atoms with Gasteiger partial charge in [-0.3, -0.25) is 9.89 Å². The summed E-state index contributed by atoms with van der Waals surface area (Å²) in [4.78, 5) is 6.32. The van der Waals surface area contributed by atoms with Crippen LogP contribution in [0.15, 0.2) is 29.3 Å². The quantitative estimate of drug-likeness (QED) is 0.201. The molecule has 10 heteroatoms. The van der Waals surface area contributed by atoms with Gasteiger partial charge in [0.15, 0.2) is 5.96 Å². The number of guanidine groups is 1. The molecule has 0 saturated carbocycles. The first kappa shape index (κ1) is 27.9. The van der Waals surface area contributed by atoms with Crippen LogP contribution in [0.5, 0.6) is 0 Å². The molecule has 0 amide bonds. The van der Waals surface area contributed by atoms with Crippen molar-refractivity contribution in [1.29, 1.82) is 0 Å². The highest BCUT2D eigenvalue weighted by Crippen LogP contribution is 2.31. The van der Waals surface area contributed by atoms with Crippen LogP contribution in [0.2, 0.25) is 0 Å². The molecule has 1 aromatic carbocycles. The Bertz CT molecular complexity index is 676. The molecule has 178 valence electrons. The molecule has 1 aliphatic rings. The van der Waals surface area contributed by atoms with Crippen molar-refractivity contribution in [3.63, 3.8) is 0 Å². The zero-order valence-electron chi connectivity index (χ0n) is 17.9. The number of alkyl halides is 5. The molecule has 2 rings (SSSR count). The summed E-state index contributed by atoms with van der Waals surface area (Å²) in [6.45, 7) is 6.05. The van der Waals surface area contributed by atoms with Crippen molar-refractivity contribution < 1.29 is 22.0 Å². The van der Waals surface area contributed by atoms with E-state index in [1.165, 1.54) is 12.1 Å². The molecule has 1 aromatic rings. The monoisotopic (exact) mass is 562 g/mol. The van der Waals surface area contributed by atoms with E-state index in [1.807, 2.05) is 13.8 Å². The molecular weight excluding hydrogens is 530 g/mol. The number of nitrogens with zero attached hydrogens (tertiary/aromatic N) is 2. The van der Waals surface area contributed by atoms with E-state index in [9.17, 15) is 22.0 Å². The molecule has 1 saturated heterocycles. The van der Waals surface area contributed by atoms with E-state index >= 15 is 0 Å². The predicted octanol–water partition coefficient (Wildman–Crippen LogP) is 5.10. The molecular formula is C21H32F5IN4. The van der Waals surface area contributed by atoms with Gasteiger partial charge in [0.25, 0.3) is 6.43 Å². The van der Waals surface area contributed by atoms with Crippen LogP contribution in [0.3, 0.4) is 0 Å². The van der Waals surface area contributed by atoms with Gasteiger partial charge in [-0.1, -0.05) is 25.1 Å². The average molecular weight is 562 g/mol. The molecule has 31 heavy (non-hydrogen) atoms. The maximum absolute atomic E-state index is 12.9. The molecule has 1 heterocycles. The fraction of sp³-hybridized carbons (Fsp3) is 0.667. The standard InChI is InChI=1S/C21H31F5N4.HI/c1-3-27-20(29-18-8-11-30(12-9-18)14-19(22)23)28-10-7-15(2)16-5-4-6-17(13-16)21(24,25)26;/h4-6,13,15,18-19H,3,7-12,14H2,1-2H3,(H2,27,28,29);1H. The third-order valence-electron chi connectivity index (χ3n) is 5.28. The van der Waals surface area contributed by atoms with E-state index < -0.39 is 18.2 Å². The second kappa shape index (κ2) is 13.4. The highest BCUT2D eigenvalue weighted by molar-refractivity contribution is 14.0. The van der Waals surface area contributed by atoms with Gasteiger partial charge in [0.1, 0.15) is 0 Å². The molecule has 1 aliphatic heterocycles. The number of hydrogen-bond donors (Lipinski definition) is 2. The van der Waals surface area contributed by atoms with E-state index in [4.69, 9.17) is 0 Å². The van der Waals surface area contributed by atoms with Crippen molar-refractivity contribution in [2.45, 2.75) is 57.7 Å². The minimum absolute atomic E-state index is 0. The number of aliphatic imine (C=N–C) groups is 1. The van der Waals surface area contributed by atoms with Gasteiger partial charge in [0.05, 0.1) is 12.1 Å². The zero-order valence-corrected chi connectivity index (χ0v) is 20.2. The van der Waals surface area contributed by atoms with Gasteiger partial charge in [0, 0.05) is 32.2 Å². The van der Waals surface area contributed by atoms with Crippen LogP contribution in [-0.4, -0.2) is 56.1 Å². The van der Waals surface area contributed by atoms with Crippen molar-refractivity contribution in [3.8, 4) is 0 Å². The maximum Gasteiger partial charge on any atom is 0.416 e. The first-order chi connectivity index (χ1) is 14.2. The first-order valence-corrected chi connectivity index (χ1v) is 10.4. The highest BCUT2D eigenvalue weighted by Gasteiger charge is 2.30. The molecule has 0 aliphatic carbocycles. The molecule has 1 unspecified atom stereocenters. The Kier molecular flexibility index (Phi) is 12.0. The summed E-state index contributed by atoms with van der Waals surface area (Å²) < 4.78 is 63.7. The number of rotatable bonds is 8. The van der Waals surface area contributed by atoms with E-state index in [1.54, 1.807) is 11.0 Å². The van der Waals surface area contributed by atoms with Crippen molar-refractivity contribution in [3.05, 3.63) is 35.4 Å². The molecule has 0 spiro atoms. The molecule has 4 nitrogen and oxygen atoms in total. The maximum atomic E-state index is 12.9. The summed E-state index contributed by atoms with van der Waals surface area (Å²) in [6, 6.07) is 5.58. The van der Waals surface area contributed by atoms with E-state index in [0.29, 0.717) is 44.1 Å². The lowest BCUT2D eigenvalue weighted by molar-refractivity contribution is -0.137. The van der Waals surface area contributed by atoms with Crippen LogP contribution >= 0.6 is 24.0 Å². The Morgan fingerprint density at radius 3 is 2.48 bits per heavy atom. The molecule has 0 aromatic heterocycles. The third-order valence-corrected chi connectivity index (χ3v) is 5.28. The van der Waals surface area contributed by atoms with Gasteiger partial charge < -0.3 is 10.6 Å². The highest BCUT2D eigenvalue weighted by atomic mass is 127. The van der Waals surface area contributed by atoms with Crippen LogP contribution in [0.1, 0.15) is 50.2 Å². The zero-order chi connectivity index (χ0) is 22.1. The Morgan fingerprint density at radius 2 is 1.90 bits per heavy atom. The van der Waals surface area contributed by atoms with E-state index in [0.717, 1.165) is 18.9 Å². The van der Waals surface area contributed by atoms with Crippen LogP contribution in [0.4, 0.5) is 22.0 Å². The summed E-state index contributed by atoms with van der Waals surface area (Å²) in [5.74, 6) is 0.595. The normalized spacial score (nSPS) is 17.4. The van der Waals surface area contributed by atoms with Crippen LogP contribution in [0.25, 0.3) is 0 Å². The van der Waals surface area contributed by atoms with Crippen LogP contribution in [-0.2, 0) is 6.18 Å². The number of likely N-dealkylation sites (tertiary alicyclic amines) is 1. The minimum atomic E-state index is -4.35. The van der Waals surface area contributed by atoms with Gasteiger partial charge in [0.2, 0.25) is 0 Å². The van der Waals surface area contributed by atoms with E-state index in [2.05, 4.69) is 15.6 Å². The van der Waals surface area contributed by atoms with Crippen molar-refractivity contribution >= 4 is 29.9 Å². The Hall–Kier alpha value is -1.17. The predicted molar refractivity (Wildman–Crippen MR) is 124 cm³/mol. The average Bonchev–Trinajstić information content (AvgIpc) is 2.68. The van der Waals surface area contributed by atoms with Crippen molar-refractivity contribution in [2.75, 3.05) is 32.7 Å². The SMILES string of the molecule is CCNC(=NCCC(C)c1cccc(C(F)(F)F)c1)NC1CCN(CC(F)F)CC1.I. The molecule has 2 N–H and O–H groups in total. The lowest BCUT2D eigenvalue weighted by Gasteiger charge is -2.32. The van der Waals surface area contributed by atoms with Gasteiger partial charge >= 0.3 is 6.18 Å². The number of hydrogen-bond acceptors (Lipinski definition) is 2. The molecule has 1 fully saturated rings. The Morgan fingerprint density at radius 1 is 1.23 bits per heavy atom. The van der Waals surface area contributed by atoms with Gasteiger partial charge in [-0.15, -0.1) is 24.0 Å². The largest absolute Gasteiger partial charge is 0.416 e. The van der Waals surface area contributed by atoms with Crippen LogP contribution in [0, 0.1) is 0 Å². The fourth-order valence-corrected chi connectivity index (χ4v) is 3.53. The Labute approximate surface area is 198 Å². The van der Waals surface area contributed by atoms with Crippen molar-refractivity contribution in [1.82, 2.24) is 15.5 Å². The second-order valence-electron chi connectivity index (χ2n) is 7.68. The molecule has 0 radical (unpaired) electrons. The summed E-state index contributed by atoms with van der Waals surface area (Å²) >= 11 is 0. The fourth-order valence-electron chi connectivity index (χ4n) is 3.53. The number of nitrogens with one attached hydrogen (secondary N) is 2. The lowest BCUT2D eigenvalue weighted by atomic mass is 9.96. The van der Waals surface area contributed by atoms with Gasteiger partial charge in [-0.2, -0.15) is 13.2 Å². The number of halogens is 6. The Balaban J connectivity index is 0.00000480. The molecule has 1 atom stereocenters. The van der Waals surface area contributed by atoms with Crippen molar-refractivity contribution in [2.24, 2.45) is 4.99 Å². The number of benzene rings is 1. The van der Waals surface area contributed by atoms with E-state index in [-0.39, 0.29) is 42.5 Å². The number of piperidine rings is 1. The summed E-state index contributed by atoms with van der Waals surface area (Å²) in [7, 11) is 0. The van der Waals surface area contributed by atoms with Gasteiger partial charge in [-0.25, -0.2) is 8.78 Å². The van der Waals surface area contributed by atoms with Crippen LogP contribution < -0.4 is 10.6 Å². The van der Waals surface area contributed by atoms with Gasteiger partial charge in [-0.05, 0) is 43.7 Å². The summed E-state index contributed by atoms with van der Waals surface area (Å²) in [6.07, 6.45) is -4.52. The third kappa shape index (κ3) is 9.88. The summed E-state index contributed by atoms with van der Waals surface area (Å²) in [5.41, 5.74) is 0.00734.